The van der Waals surface area contributed by atoms with E-state index in [1.165, 1.54) is 11.9 Å². The maximum Gasteiger partial charge on any atom is 0.326 e. The van der Waals surface area contributed by atoms with Gasteiger partial charge in [0.25, 0.3) is 0 Å². The average Bonchev–Trinajstić information content (AvgIpc) is 2.45. The number of aryl methyl sites for hydroxylation is 1. The highest BCUT2D eigenvalue weighted by molar-refractivity contribution is 5.94. The molecule has 1 rings (SSSR count). The minimum absolute atomic E-state index is 0.587. The Balaban J connectivity index is 2.76. The third-order valence-corrected chi connectivity index (χ3v) is 3.01. The first-order chi connectivity index (χ1) is 9.85. The van der Waals surface area contributed by atoms with Crippen molar-refractivity contribution in [2.24, 2.45) is 0 Å². The molecule has 7 heteroatoms. The molecule has 0 bridgehead atoms. The second-order valence-corrected chi connectivity index (χ2v) is 4.52. The fraction of sp³-hybridized carbons (Fsp3) is 0.357. The Hall–Kier alpha value is -2.57. The molecule has 21 heavy (non-hydrogen) atoms. The number of carbonyl (C=O) groups is 3. The first kappa shape index (κ1) is 16.5. The van der Waals surface area contributed by atoms with Crippen molar-refractivity contribution in [3.8, 4) is 0 Å². The zero-order valence-electron chi connectivity index (χ0n) is 11.9. The predicted molar refractivity (Wildman–Crippen MR) is 76.4 cm³/mol. The van der Waals surface area contributed by atoms with E-state index >= 15 is 0 Å². The number of hydrogen-bond acceptors (Lipinski definition) is 3. The normalized spacial score (nSPS) is 11.5. The number of nitrogens with zero attached hydrogens (tertiary/aromatic N) is 1. The van der Waals surface area contributed by atoms with E-state index in [1.807, 2.05) is 19.1 Å². The van der Waals surface area contributed by atoms with E-state index in [2.05, 4.69) is 5.32 Å². The molecule has 0 aromatic heterocycles. The number of urea groups is 1. The van der Waals surface area contributed by atoms with Gasteiger partial charge in [-0.15, -0.1) is 0 Å². The van der Waals surface area contributed by atoms with Gasteiger partial charge in [0.15, 0.2) is 0 Å². The SMILES string of the molecule is CCc1ccc(N(C)C(=O)NC(CC(=O)O)C(=O)O)cc1. The smallest absolute Gasteiger partial charge is 0.326 e. The van der Waals surface area contributed by atoms with Gasteiger partial charge in [-0.2, -0.15) is 0 Å². The quantitative estimate of drug-likeness (QED) is 0.733. The fourth-order valence-corrected chi connectivity index (χ4v) is 1.69. The molecule has 7 nitrogen and oxygen atoms in total. The van der Waals surface area contributed by atoms with E-state index < -0.39 is 30.4 Å². The Morgan fingerprint density at radius 2 is 1.76 bits per heavy atom. The molecule has 0 radical (unpaired) electrons. The second-order valence-electron chi connectivity index (χ2n) is 4.52. The molecule has 0 aliphatic rings. The van der Waals surface area contributed by atoms with Crippen LogP contribution in [0.4, 0.5) is 10.5 Å². The summed E-state index contributed by atoms with van der Waals surface area (Å²) in [5.41, 5.74) is 1.70. The number of amides is 2. The Morgan fingerprint density at radius 1 is 1.19 bits per heavy atom. The van der Waals surface area contributed by atoms with Gasteiger partial charge in [-0.1, -0.05) is 19.1 Å². The number of nitrogens with one attached hydrogen (secondary N) is 1. The molecule has 2 amide bonds. The van der Waals surface area contributed by atoms with Crippen molar-refractivity contribution in [3.63, 3.8) is 0 Å². The van der Waals surface area contributed by atoms with Crippen LogP contribution < -0.4 is 10.2 Å². The third-order valence-electron chi connectivity index (χ3n) is 3.01. The van der Waals surface area contributed by atoms with E-state index in [0.717, 1.165) is 12.0 Å². The van der Waals surface area contributed by atoms with Crippen molar-refractivity contribution in [1.29, 1.82) is 0 Å². The van der Waals surface area contributed by atoms with Crippen LogP contribution in [0.1, 0.15) is 18.9 Å². The monoisotopic (exact) mass is 294 g/mol. The molecule has 1 unspecified atom stereocenters. The standard InChI is InChI=1S/C14H18N2O5/c1-3-9-4-6-10(7-5-9)16(2)14(21)15-11(13(19)20)8-12(17)18/h4-7,11H,3,8H2,1-2H3,(H,15,21)(H,17,18)(H,19,20). The number of carbonyl (C=O) groups excluding carboxylic acids is 1. The van der Waals surface area contributed by atoms with Crippen molar-refractivity contribution in [2.45, 2.75) is 25.8 Å². The molecule has 114 valence electrons. The van der Waals surface area contributed by atoms with Crippen LogP contribution in [0.2, 0.25) is 0 Å². The van der Waals surface area contributed by atoms with E-state index in [0.29, 0.717) is 5.69 Å². The fourth-order valence-electron chi connectivity index (χ4n) is 1.69. The predicted octanol–water partition coefficient (Wildman–Crippen LogP) is 1.32. The Morgan fingerprint density at radius 3 is 2.19 bits per heavy atom. The molecule has 0 saturated carbocycles. The van der Waals surface area contributed by atoms with Crippen LogP contribution in [0.15, 0.2) is 24.3 Å². The molecule has 0 heterocycles. The van der Waals surface area contributed by atoms with Gasteiger partial charge < -0.3 is 15.5 Å². The number of hydrogen-bond donors (Lipinski definition) is 3. The van der Waals surface area contributed by atoms with Crippen LogP contribution in [-0.4, -0.2) is 41.3 Å². The maximum atomic E-state index is 12.0. The summed E-state index contributed by atoms with van der Waals surface area (Å²) < 4.78 is 0. The molecule has 0 saturated heterocycles. The van der Waals surface area contributed by atoms with Gasteiger partial charge >= 0.3 is 18.0 Å². The van der Waals surface area contributed by atoms with E-state index in [-0.39, 0.29) is 0 Å². The van der Waals surface area contributed by atoms with Crippen LogP contribution in [0.25, 0.3) is 0 Å². The largest absolute Gasteiger partial charge is 0.481 e. The topological polar surface area (TPSA) is 107 Å². The second kappa shape index (κ2) is 7.28. The first-order valence-electron chi connectivity index (χ1n) is 6.43. The summed E-state index contributed by atoms with van der Waals surface area (Å²) in [5.74, 6) is -2.68. The summed E-state index contributed by atoms with van der Waals surface area (Å²) >= 11 is 0. The minimum Gasteiger partial charge on any atom is -0.481 e. The summed E-state index contributed by atoms with van der Waals surface area (Å²) in [5, 5.41) is 19.7. The van der Waals surface area contributed by atoms with Gasteiger partial charge in [0.1, 0.15) is 6.04 Å². The van der Waals surface area contributed by atoms with Crippen LogP contribution in [0.5, 0.6) is 0 Å². The number of carboxylic acids is 2. The summed E-state index contributed by atoms with van der Waals surface area (Å²) in [6.07, 6.45) is 0.194. The molecule has 0 aliphatic heterocycles. The lowest BCUT2D eigenvalue weighted by atomic mass is 10.1. The number of aliphatic carboxylic acids is 2. The van der Waals surface area contributed by atoms with Crippen molar-refractivity contribution in [1.82, 2.24) is 5.32 Å². The lowest BCUT2D eigenvalue weighted by Gasteiger charge is -2.21. The van der Waals surface area contributed by atoms with Gasteiger partial charge in [0.2, 0.25) is 0 Å². The number of benzene rings is 1. The number of carboxylic acid groups (broad SMARTS) is 2. The van der Waals surface area contributed by atoms with E-state index in [4.69, 9.17) is 10.2 Å². The maximum absolute atomic E-state index is 12.0. The Kier molecular flexibility index (Phi) is 5.71. The molecule has 0 spiro atoms. The van der Waals surface area contributed by atoms with Gasteiger partial charge in [-0.3, -0.25) is 9.69 Å². The molecular weight excluding hydrogens is 276 g/mol. The van der Waals surface area contributed by atoms with Gasteiger partial charge in [0, 0.05) is 12.7 Å². The van der Waals surface area contributed by atoms with Crippen LogP contribution in [0, 0.1) is 0 Å². The molecule has 0 fully saturated rings. The van der Waals surface area contributed by atoms with Crippen LogP contribution >= 0.6 is 0 Å². The minimum atomic E-state index is -1.47. The van der Waals surface area contributed by atoms with Crippen molar-refractivity contribution < 1.29 is 24.6 Å². The Labute approximate surface area is 122 Å². The summed E-state index contributed by atoms with van der Waals surface area (Å²) in [6.45, 7) is 2.01. The molecule has 3 N–H and O–H groups in total. The summed E-state index contributed by atoms with van der Waals surface area (Å²) in [6, 6.07) is 5.08. The first-order valence-corrected chi connectivity index (χ1v) is 6.43. The Bertz CT molecular complexity index is 527. The van der Waals surface area contributed by atoms with Gasteiger partial charge in [-0.25, -0.2) is 9.59 Å². The van der Waals surface area contributed by atoms with Crippen molar-refractivity contribution in [3.05, 3.63) is 29.8 Å². The summed E-state index contributed by atoms with van der Waals surface area (Å²) in [4.78, 5) is 34.7. The van der Waals surface area contributed by atoms with Gasteiger partial charge in [-0.05, 0) is 24.1 Å². The molecule has 1 atom stereocenters. The molecular formula is C14H18N2O5. The zero-order chi connectivity index (χ0) is 16.0. The third kappa shape index (κ3) is 4.79. The van der Waals surface area contributed by atoms with Crippen molar-refractivity contribution in [2.75, 3.05) is 11.9 Å². The lowest BCUT2D eigenvalue weighted by molar-refractivity contribution is -0.145. The van der Waals surface area contributed by atoms with E-state index in [9.17, 15) is 14.4 Å². The average molecular weight is 294 g/mol. The number of rotatable bonds is 6. The van der Waals surface area contributed by atoms with Gasteiger partial charge in [0.05, 0.1) is 6.42 Å². The van der Waals surface area contributed by atoms with E-state index in [1.54, 1.807) is 12.1 Å². The highest BCUT2D eigenvalue weighted by atomic mass is 16.4. The molecule has 0 aliphatic carbocycles. The molecule has 1 aromatic rings. The van der Waals surface area contributed by atoms with Crippen LogP contribution in [0.3, 0.4) is 0 Å². The molecule has 1 aromatic carbocycles. The highest BCUT2D eigenvalue weighted by Crippen LogP contribution is 2.14. The zero-order valence-corrected chi connectivity index (χ0v) is 11.9. The number of anilines is 1. The lowest BCUT2D eigenvalue weighted by Crippen LogP contribution is -2.47. The highest BCUT2D eigenvalue weighted by Gasteiger charge is 2.24. The summed E-state index contributed by atoms with van der Waals surface area (Å²) in [7, 11) is 1.48. The van der Waals surface area contributed by atoms with Crippen LogP contribution in [-0.2, 0) is 16.0 Å². The van der Waals surface area contributed by atoms with Crippen molar-refractivity contribution >= 4 is 23.7 Å².